The minimum absolute atomic E-state index is 0.0103. The molecule has 2 aliphatic rings. The smallest absolute Gasteiger partial charge is 0.387 e. The number of ketones is 1. The number of benzene rings is 3. The van der Waals surface area contributed by atoms with Crippen LogP contribution < -0.4 is 9.04 Å². The number of fused-ring (bicyclic) bond motifs is 2. The Morgan fingerprint density at radius 1 is 0.953 bits per heavy atom. The van der Waals surface area contributed by atoms with Crippen LogP contribution in [0.2, 0.25) is 0 Å². The lowest BCUT2D eigenvalue weighted by Gasteiger charge is -2.30. The summed E-state index contributed by atoms with van der Waals surface area (Å²) in [6.45, 7) is -3.96. The van der Waals surface area contributed by atoms with E-state index in [0.29, 0.717) is 34.5 Å². The van der Waals surface area contributed by atoms with E-state index in [4.69, 9.17) is 4.74 Å². The number of halogens is 5. The molecule has 0 N–H and O–H groups in total. The number of esters is 1. The second-order valence-electron chi connectivity index (χ2n) is 10.8. The molecule has 0 saturated heterocycles. The van der Waals surface area contributed by atoms with E-state index in [9.17, 15) is 31.2 Å². The zero-order valence-corrected chi connectivity index (χ0v) is 25.2. The molecule has 3 aromatic rings. The van der Waals surface area contributed by atoms with Gasteiger partial charge in [0.05, 0.1) is 29.7 Å². The van der Waals surface area contributed by atoms with Crippen LogP contribution in [0.3, 0.4) is 0 Å². The number of ether oxygens (including phenoxy) is 2. The second-order valence-corrected chi connectivity index (χ2v) is 13.6. The van der Waals surface area contributed by atoms with Crippen LogP contribution in [0.1, 0.15) is 32.1 Å². The van der Waals surface area contributed by atoms with Gasteiger partial charge < -0.3 is 9.47 Å². The fraction of sp³-hybridized carbons (Fsp3) is 0.333. The molecule has 0 radical (unpaired) electrons. The molecule has 13 heteroatoms. The number of Topliss-reactive ketones (excluding diaryl/α,β-unsaturated/α-hetero) is 1. The lowest BCUT2D eigenvalue weighted by molar-refractivity contribution is -0.152. The van der Waals surface area contributed by atoms with Crippen molar-refractivity contribution < 1.29 is 45.0 Å². The van der Waals surface area contributed by atoms with Gasteiger partial charge in [0.15, 0.2) is 5.78 Å². The number of rotatable bonds is 10. The van der Waals surface area contributed by atoms with Gasteiger partial charge in [-0.1, -0.05) is 28.1 Å². The highest BCUT2D eigenvalue weighted by molar-refractivity contribution is 9.10. The van der Waals surface area contributed by atoms with Crippen LogP contribution in [0.4, 0.5) is 23.2 Å². The third-order valence-electron chi connectivity index (χ3n) is 8.37. The Labute approximate surface area is 254 Å². The van der Waals surface area contributed by atoms with Gasteiger partial charge in [-0.05, 0) is 85.7 Å². The van der Waals surface area contributed by atoms with E-state index in [-0.39, 0.29) is 22.4 Å². The topological polar surface area (TPSA) is 90.0 Å². The maximum Gasteiger partial charge on any atom is 0.387 e. The summed E-state index contributed by atoms with van der Waals surface area (Å²) in [4.78, 5) is 26.2. The number of hydrogen-bond donors (Lipinski definition) is 0. The molecule has 0 spiro atoms. The van der Waals surface area contributed by atoms with Gasteiger partial charge in [-0.25, -0.2) is 17.2 Å². The molecule has 43 heavy (non-hydrogen) atoms. The highest BCUT2D eigenvalue weighted by Gasteiger charge is 2.61. The minimum Gasteiger partial charge on any atom is -0.469 e. The van der Waals surface area contributed by atoms with Crippen molar-refractivity contribution >= 4 is 43.4 Å². The lowest BCUT2D eigenvalue weighted by atomic mass is 9.79. The Balaban J connectivity index is 1.58. The van der Waals surface area contributed by atoms with Gasteiger partial charge in [0.1, 0.15) is 17.4 Å². The Bertz CT molecular complexity index is 1690. The maximum absolute atomic E-state index is 15.5. The van der Waals surface area contributed by atoms with E-state index in [1.54, 1.807) is 6.07 Å². The fourth-order valence-electron chi connectivity index (χ4n) is 6.21. The van der Waals surface area contributed by atoms with Gasteiger partial charge in [0.25, 0.3) is 10.0 Å². The lowest BCUT2D eigenvalue weighted by Crippen LogP contribution is -2.42. The highest BCUT2D eigenvalue weighted by atomic mass is 79.9. The SMILES string of the molecule is COC(=O)C12CCC(C(=O)CN(c3cc(-c4cc(F)cc(OC(F)F)c4)ccc3F)S(=O)(=O)c3cccc(Br)c3)(CC1)C2. The summed E-state index contributed by atoms with van der Waals surface area (Å²) in [6, 6.07) is 11.8. The molecule has 0 heterocycles. The van der Waals surface area contributed by atoms with Crippen LogP contribution in [0.25, 0.3) is 11.1 Å². The molecule has 228 valence electrons. The molecule has 2 bridgehead atoms. The molecule has 2 fully saturated rings. The van der Waals surface area contributed by atoms with Crippen molar-refractivity contribution in [2.24, 2.45) is 10.8 Å². The first-order valence-corrected chi connectivity index (χ1v) is 15.5. The van der Waals surface area contributed by atoms with E-state index in [0.717, 1.165) is 30.3 Å². The molecule has 2 saturated carbocycles. The molecular formula is C30H26BrF4NO6S. The average molecular weight is 685 g/mol. The van der Waals surface area contributed by atoms with Gasteiger partial charge >= 0.3 is 12.6 Å². The summed E-state index contributed by atoms with van der Waals surface area (Å²) in [5.41, 5.74) is -2.22. The van der Waals surface area contributed by atoms with Crippen molar-refractivity contribution in [1.82, 2.24) is 0 Å². The normalized spacial score (nSPS) is 21.2. The molecular weight excluding hydrogens is 658 g/mol. The van der Waals surface area contributed by atoms with Crippen molar-refractivity contribution in [1.29, 1.82) is 0 Å². The first-order chi connectivity index (χ1) is 20.3. The summed E-state index contributed by atoms with van der Waals surface area (Å²) in [5.74, 6) is -3.28. The van der Waals surface area contributed by atoms with Crippen LogP contribution in [0, 0.1) is 22.5 Å². The first kappa shape index (κ1) is 31.0. The summed E-state index contributed by atoms with van der Waals surface area (Å²) < 4.78 is 93.9. The molecule has 0 aromatic heterocycles. The predicted molar refractivity (Wildman–Crippen MR) is 152 cm³/mol. The minimum atomic E-state index is -4.56. The number of hydrogen-bond acceptors (Lipinski definition) is 6. The third-order valence-corrected chi connectivity index (χ3v) is 10.6. The Kier molecular flexibility index (Phi) is 8.34. The van der Waals surface area contributed by atoms with Crippen molar-refractivity contribution in [3.05, 3.63) is 76.8 Å². The number of carbonyl (C=O) groups excluding carboxylic acids is 2. The molecule has 3 aromatic carbocycles. The molecule has 0 unspecified atom stereocenters. The molecule has 0 atom stereocenters. The van der Waals surface area contributed by atoms with Crippen LogP contribution in [0.15, 0.2) is 70.0 Å². The molecule has 0 aliphatic heterocycles. The molecule has 0 amide bonds. The number of anilines is 1. The Hall–Kier alpha value is -3.45. The molecule has 7 nitrogen and oxygen atoms in total. The van der Waals surface area contributed by atoms with E-state index in [1.807, 2.05) is 0 Å². The van der Waals surface area contributed by atoms with E-state index in [1.165, 1.54) is 31.4 Å². The van der Waals surface area contributed by atoms with Gasteiger partial charge in [0.2, 0.25) is 0 Å². The standard InChI is InChI=1S/C30H26BrF4NO6S/c1-41-27(38)30-9-7-29(17-30,8-10-30)26(37)16-36(43(39,40)23-4-2-3-20(31)14-23)25-13-18(5-6-24(25)33)19-11-21(32)15-22(12-19)42-28(34)35/h2-6,11-15,28H,7-10,16-17H2,1H3. The predicted octanol–water partition coefficient (Wildman–Crippen LogP) is 6.88. The van der Waals surface area contributed by atoms with Gasteiger partial charge in [-0.15, -0.1) is 0 Å². The zero-order valence-electron chi connectivity index (χ0n) is 22.8. The van der Waals surface area contributed by atoms with Crippen LogP contribution in [-0.4, -0.2) is 40.4 Å². The number of sulfonamides is 1. The highest BCUT2D eigenvalue weighted by Crippen LogP contribution is 2.62. The summed E-state index contributed by atoms with van der Waals surface area (Å²) in [5, 5.41) is 0. The number of methoxy groups -OCH3 is 1. The van der Waals surface area contributed by atoms with Crippen molar-refractivity contribution in [3.63, 3.8) is 0 Å². The second kappa shape index (κ2) is 11.6. The molecule has 5 rings (SSSR count). The number of alkyl halides is 2. The van der Waals surface area contributed by atoms with E-state index >= 15 is 4.39 Å². The van der Waals surface area contributed by atoms with E-state index < -0.39 is 68.8 Å². The Morgan fingerprint density at radius 2 is 1.65 bits per heavy atom. The van der Waals surface area contributed by atoms with Gasteiger partial charge in [-0.3, -0.25) is 13.9 Å². The van der Waals surface area contributed by atoms with Crippen LogP contribution in [-0.2, 0) is 24.3 Å². The summed E-state index contributed by atoms with van der Waals surface area (Å²) >= 11 is 3.23. The van der Waals surface area contributed by atoms with E-state index in [2.05, 4.69) is 20.7 Å². The number of nitrogens with zero attached hydrogens (tertiary/aromatic N) is 1. The third kappa shape index (κ3) is 5.88. The first-order valence-electron chi connectivity index (χ1n) is 13.2. The quantitative estimate of drug-likeness (QED) is 0.171. The Morgan fingerprint density at radius 3 is 2.30 bits per heavy atom. The largest absolute Gasteiger partial charge is 0.469 e. The monoisotopic (exact) mass is 683 g/mol. The number of carbonyl (C=O) groups is 2. The zero-order chi connectivity index (χ0) is 31.2. The van der Waals surface area contributed by atoms with Gasteiger partial charge in [0, 0.05) is 16.0 Å². The van der Waals surface area contributed by atoms with Crippen molar-refractivity contribution in [2.45, 2.75) is 43.6 Å². The maximum atomic E-state index is 15.5. The summed E-state index contributed by atoms with van der Waals surface area (Å²) in [7, 11) is -3.28. The summed E-state index contributed by atoms with van der Waals surface area (Å²) in [6.07, 6.45) is 1.73. The van der Waals surface area contributed by atoms with Crippen molar-refractivity contribution in [2.75, 3.05) is 18.0 Å². The average Bonchev–Trinajstić information content (AvgIpc) is 3.54. The molecule has 2 aliphatic carbocycles. The van der Waals surface area contributed by atoms with Crippen LogP contribution >= 0.6 is 15.9 Å². The van der Waals surface area contributed by atoms with Crippen LogP contribution in [0.5, 0.6) is 5.75 Å². The van der Waals surface area contributed by atoms with Gasteiger partial charge in [-0.2, -0.15) is 8.78 Å². The fourth-order valence-corrected chi connectivity index (χ4v) is 8.23. The van der Waals surface area contributed by atoms with Crippen molar-refractivity contribution in [3.8, 4) is 16.9 Å².